The molecule has 10 nitrogen and oxygen atoms in total. The van der Waals surface area contributed by atoms with Crippen LogP contribution in [-0.2, 0) is 21.2 Å². The standard InChI is InChI=1S/C20H21FN6O4S/c1-23-20(28)31-10-9-13-5-7-14(8-6-13)25-18-17(21)12-24-19(27-18)26-15-3-2-4-16(11-15)32(22,29)30/h2-8,11-12H,9-10H2,1H3,(H,23,28)(H2,22,29,30)(H2,24,25,26,27). The normalized spacial score (nSPS) is 11.0. The maximum Gasteiger partial charge on any atom is 0.406 e. The van der Waals surface area contributed by atoms with Crippen LogP contribution < -0.4 is 21.1 Å². The SMILES string of the molecule is CNC(=O)OCCc1ccc(Nc2nc(Nc3cccc(S(N)(=O)=O)c3)ncc2F)cc1. The molecule has 12 heteroatoms. The number of nitrogens with zero attached hydrogens (tertiary/aromatic N) is 2. The highest BCUT2D eigenvalue weighted by Crippen LogP contribution is 2.22. The Hall–Kier alpha value is -3.77. The molecule has 0 bridgehead atoms. The van der Waals surface area contributed by atoms with Crippen LogP contribution in [0.3, 0.4) is 0 Å². The maximum atomic E-state index is 14.2. The first-order valence-corrected chi connectivity index (χ1v) is 10.9. The third-order valence-corrected chi connectivity index (χ3v) is 5.12. The van der Waals surface area contributed by atoms with E-state index in [2.05, 4.69) is 25.9 Å². The number of benzene rings is 2. The van der Waals surface area contributed by atoms with Gasteiger partial charge in [0.05, 0.1) is 17.7 Å². The van der Waals surface area contributed by atoms with Crippen molar-refractivity contribution in [3.05, 3.63) is 66.1 Å². The van der Waals surface area contributed by atoms with Crippen molar-refractivity contribution in [3.63, 3.8) is 0 Å². The zero-order valence-electron chi connectivity index (χ0n) is 17.0. The van der Waals surface area contributed by atoms with Gasteiger partial charge >= 0.3 is 6.09 Å². The quantitative estimate of drug-likeness (QED) is 0.401. The second kappa shape index (κ2) is 10.0. The lowest BCUT2D eigenvalue weighted by atomic mass is 10.1. The lowest BCUT2D eigenvalue weighted by Crippen LogP contribution is -2.20. The topological polar surface area (TPSA) is 148 Å². The Morgan fingerprint density at radius 1 is 1.12 bits per heavy atom. The molecule has 1 amide bonds. The fraction of sp³-hybridized carbons (Fsp3) is 0.150. The van der Waals surface area contributed by atoms with Gasteiger partial charge in [0.15, 0.2) is 11.6 Å². The Morgan fingerprint density at radius 2 is 1.88 bits per heavy atom. The van der Waals surface area contributed by atoms with Gasteiger partial charge in [0, 0.05) is 24.8 Å². The number of ether oxygens (including phenoxy) is 1. The van der Waals surface area contributed by atoms with Gasteiger partial charge in [-0.25, -0.2) is 27.7 Å². The van der Waals surface area contributed by atoms with E-state index in [1.54, 1.807) is 18.2 Å². The minimum absolute atomic E-state index is 0.0587. The monoisotopic (exact) mass is 460 g/mol. The number of carbonyl (C=O) groups excluding carboxylic acids is 1. The van der Waals surface area contributed by atoms with Crippen LogP contribution in [0.5, 0.6) is 0 Å². The Balaban J connectivity index is 1.68. The van der Waals surface area contributed by atoms with Crippen LogP contribution in [0.25, 0.3) is 0 Å². The van der Waals surface area contributed by atoms with Crippen LogP contribution in [-0.4, -0.2) is 38.1 Å². The third-order valence-electron chi connectivity index (χ3n) is 4.21. The van der Waals surface area contributed by atoms with Gasteiger partial charge in [-0.15, -0.1) is 0 Å². The van der Waals surface area contributed by atoms with Crippen LogP contribution in [0, 0.1) is 5.82 Å². The molecule has 0 aliphatic carbocycles. The number of carbonyl (C=O) groups is 1. The summed E-state index contributed by atoms with van der Waals surface area (Å²) in [7, 11) is -2.39. The molecule has 0 radical (unpaired) electrons. The fourth-order valence-corrected chi connectivity index (χ4v) is 3.18. The van der Waals surface area contributed by atoms with Crippen molar-refractivity contribution >= 4 is 39.3 Å². The maximum absolute atomic E-state index is 14.2. The molecular weight excluding hydrogens is 439 g/mol. The molecule has 0 unspecified atom stereocenters. The number of amides is 1. The number of rotatable bonds is 8. The average Bonchev–Trinajstić information content (AvgIpc) is 2.77. The summed E-state index contributed by atoms with van der Waals surface area (Å²) in [6, 6.07) is 12.9. The largest absolute Gasteiger partial charge is 0.449 e. The van der Waals surface area contributed by atoms with Crippen LogP contribution in [0.1, 0.15) is 5.56 Å². The molecule has 3 rings (SSSR count). The highest BCUT2D eigenvalue weighted by atomic mass is 32.2. The van der Waals surface area contributed by atoms with Crippen molar-refractivity contribution in [1.29, 1.82) is 0 Å². The predicted octanol–water partition coefficient (Wildman–Crippen LogP) is 2.65. The van der Waals surface area contributed by atoms with Crippen LogP contribution in [0.15, 0.2) is 59.6 Å². The van der Waals surface area contributed by atoms with Crippen molar-refractivity contribution in [2.24, 2.45) is 5.14 Å². The van der Waals surface area contributed by atoms with E-state index in [9.17, 15) is 17.6 Å². The smallest absolute Gasteiger partial charge is 0.406 e. The highest BCUT2D eigenvalue weighted by Gasteiger charge is 2.11. The number of hydrogen-bond donors (Lipinski definition) is 4. The van der Waals surface area contributed by atoms with E-state index in [1.165, 1.54) is 25.2 Å². The number of hydrogen-bond acceptors (Lipinski definition) is 8. The van der Waals surface area contributed by atoms with Crippen molar-refractivity contribution in [3.8, 4) is 0 Å². The summed E-state index contributed by atoms with van der Waals surface area (Å²) in [4.78, 5) is 19.0. The van der Waals surface area contributed by atoms with Gasteiger partial charge in [-0.05, 0) is 35.9 Å². The molecular formula is C20H21FN6O4S. The summed E-state index contributed by atoms with van der Waals surface area (Å²) >= 11 is 0. The van der Waals surface area contributed by atoms with Crippen molar-refractivity contribution in [2.75, 3.05) is 24.3 Å². The van der Waals surface area contributed by atoms with Gasteiger partial charge < -0.3 is 20.7 Å². The molecule has 1 aromatic heterocycles. The van der Waals surface area contributed by atoms with E-state index >= 15 is 0 Å². The van der Waals surface area contributed by atoms with Crippen molar-refractivity contribution < 1.29 is 22.3 Å². The summed E-state index contributed by atoms with van der Waals surface area (Å²) in [5.74, 6) is -0.680. The van der Waals surface area contributed by atoms with Gasteiger partial charge in [0.2, 0.25) is 16.0 Å². The van der Waals surface area contributed by atoms with E-state index in [0.29, 0.717) is 17.8 Å². The fourth-order valence-electron chi connectivity index (χ4n) is 2.62. The highest BCUT2D eigenvalue weighted by molar-refractivity contribution is 7.89. The van der Waals surface area contributed by atoms with Crippen molar-refractivity contribution in [1.82, 2.24) is 15.3 Å². The van der Waals surface area contributed by atoms with Crippen LogP contribution >= 0.6 is 0 Å². The van der Waals surface area contributed by atoms with Gasteiger partial charge in [0.25, 0.3) is 0 Å². The molecule has 2 aromatic carbocycles. The van der Waals surface area contributed by atoms with E-state index in [1.807, 2.05) is 12.1 Å². The van der Waals surface area contributed by atoms with Gasteiger partial charge in [-0.3, -0.25) is 0 Å². The second-order valence-electron chi connectivity index (χ2n) is 6.55. The molecule has 3 aromatic rings. The van der Waals surface area contributed by atoms with E-state index in [4.69, 9.17) is 9.88 Å². The molecule has 0 saturated carbocycles. The Bertz CT molecular complexity index is 1200. The number of aromatic nitrogens is 2. The first kappa shape index (κ1) is 22.9. The molecule has 0 fully saturated rings. The number of nitrogens with one attached hydrogen (secondary N) is 3. The molecule has 1 heterocycles. The molecule has 0 saturated heterocycles. The molecule has 0 aliphatic rings. The Morgan fingerprint density at radius 3 is 2.56 bits per heavy atom. The number of anilines is 4. The zero-order chi connectivity index (χ0) is 23.1. The number of nitrogens with two attached hydrogens (primary N) is 1. The summed E-state index contributed by atoms with van der Waals surface area (Å²) < 4.78 is 42.1. The second-order valence-corrected chi connectivity index (χ2v) is 8.11. The van der Waals surface area contributed by atoms with Crippen molar-refractivity contribution in [2.45, 2.75) is 11.3 Å². The molecule has 5 N–H and O–H groups in total. The number of alkyl carbamates (subject to hydrolysis) is 1. The first-order chi connectivity index (χ1) is 15.2. The number of primary sulfonamides is 1. The lowest BCUT2D eigenvalue weighted by Gasteiger charge is -2.11. The lowest BCUT2D eigenvalue weighted by molar-refractivity contribution is 0.150. The number of halogens is 1. The molecule has 0 spiro atoms. The van der Waals surface area contributed by atoms with Crippen LogP contribution in [0.4, 0.5) is 32.3 Å². The predicted molar refractivity (Wildman–Crippen MR) is 117 cm³/mol. The first-order valence-electron chi connectivity index (χ1n) is 9.37. The summed E-state index contributed by atoms with van der Waals surface area (Å²) in [5.41, 5.74) is 1.89. The van der Waals surface area contributed by atoms with Gasteiger partial charge in [-0.1, -0.05) is 18.2 Å². The van der Waals surface area contributed by atoms with Gasteiger partial charge in [0.1, 0.15) is 0 Å². The molecule has 0 atom stereocenters. The summed E-state index contributed by atoms with van der Waals surface area (Å²) in [5, 5.41) is 13.2. The average molecular weight is 460 g/mol. The summed E-state index contributed by atoms with van der Waals surface area (Å²) in [6.45, 7) is 0.231. The van der Waals surface area contributed by atoms with Gasteiger partial charge in [-0.2, -0.15) is 4.98 Å². The van der Waals surface area contributed by atoms with E-state index < -0.39 is 21.9 Å². The van der Waals surface area contributed by atoms with E-state index in [-0.39, 0.29) is 23.3 Å². The zero-order valence-corrected chi connectivity index (χ0v) is 17.8. The Labute approximate surface area is 184 Å². The minimum Gasteiger partial charge on any atom is -0.449 e. The molecule has 0 aliphatic heterocycles. The molecule has 168 valence electrons. The van der Waals surface area contributed by atoms with E-state index in [0.717, 1.165) is 11.8 Å². The summed E-state index contributed by atoms with van der Waals surface area (Å²) in [6.07, 6.45) is 1.02. The Kier molecular flexibility index (Phi) is 7.18. The molecule has 32 heavy (non-hydrogen) atoms. The van der Waals surface area contributed by atoms with Crippen LogP contribution in [0.2, 0.25) is 0 Å². The number of sulfonamides is 1. The third kappa shape index (κ3) is 6.36. The minimum atomic E-state index is -3.87.